The molecule has 0 spiro atoms. The highest BCUT2D eigenvalue weighted by Crippen LogP contribution is 2.23. The predicted molar refractivity (Wildman–Crippen MR) is 79.9 cm³/mol. The molecule has 0 saturated heterocycles. The third-order valence-corrected chi connectivity index (χ3v) is 2.98. The van der Waals surface area contributed by atoms with Crippen LogP contribution in [0.25, 0.3) is 0 Å². The Balaban J connectivity index is 1.99. The molecule has 0 amide bonds. The van der Waals surface area contributed by atoms with Gasteiger partial charge in [0.1, 0.15) is 5.75 Å². The van der Waals surface area contributed by atoms with Gasteiger partial charge in [-0.3, -0.25) is 4.98 Å². The molecule has 0 aliphatic carbocycles. The largest absolute Gasteiger partial charge is 0.437 e. The minimum atomic E-state index is 0.533. The Morgan fingerprint density at radius 3 is 2.65 bits per heavy atom. The van der Waals surface area contributed by atoms with E-state index >= 15 is 0 Å². The van der Waals surface area contributed by atoms with Crippen LogP contribution >= 0.6 is 0 Å². The van der Waals surface area contributed by atoms with Gasteiger partial charge in [-0.05, 0) is 31.0 Å². The van der Waals surface area contributed by atoms with Crippen molar-refractivity contribution in [2.24, 2.45) is 0 Å². The summed E-state index contributed by atoms with van der Waals surface area (Å²) in [7, 11) is 0. The minimum Gasteiger partial charge on any atom is -0.437 e. The van der Waals surface area contributed by atoms with Gasteiger partial charge in [-0.15, -0.1) is 0 Å². The van der Waals surface area contributed by atoms with Crippen molar-refractivity contribution in [3.05, 3.63) is 47.9 Å². The number of nitrogens with zero attached hydrogens (tertiary/aromatic N) is 2. The third-order valence-electron chi connectivity index (χ3n) is 2.98. The fourth-order valence-corrected chi connectivity index (χ4v) is 1.89. The summed E-state index contributed by atoms with van der Waals surface area (Å²) in [4.78, 5) is 8.66. The van der Waals surface area contributed by atoms with E-state index in [1.54, 1.807) is 12.4 Å². The molecule has 0 saturated carbocycles. The molecule has 2 aromatic rings. The molecule has 4 heteroatoms. The normalized spacial score (nSPS) is 10.5. The second-order valence-corrected chi connectivity index (χ2v) is 4.59. The van der Waals surface area contributed by atoms with Gasteiger partial charge in [0.15, 0.2) is 0 Å². The van der Waals surface area contributed by atoms with Crippen LogP contribution in [0.3, 0.4) is 0 Å². The molecule has 0 atom stereocenters. The number of hydrogen-bond donors (Lipinski definition) is 1. The van der Waals surface area contributed by atoms with Crippen LogP contribution in [-0.2, 0) is 13.0 Å². The quantitative estimate of drug-likeness (QED) is 0.785. The lowest BCUT2D eigenvalue weighted by molar-refractivity contribution is 0.453. The second-order valence-electron chi connectivity index (χ2n) is 4.59. The molecule has 1 aromatic carbocycles. The van der Waals surface area contributed by atoms with Crippen LogP contribution in [0.15, 0.2) is 36.7 Å². The van der Waals surface area contributed by atoms with Gasteiger partial charge in [-0.2, -0.15) is 0 Å². The summed E-state index contributed by atoms with van der Waals surface area (Å²) < 4.78 is 5.79. The number of benzene rings is 1. The minimum absolute atomic E-state index is 0.533. The summed E-state index contributed by atoms with van der Waals surface area (Å²) in [6, 6.07) is 7.99. The molecule has 1 heterocycles. The Morgan fingerprint density at radius 1 is 1.10 bits per heavy atom. The van der Waals surface area contributed by atoms with Gasteiger partial charge >= 0.3 is 0 Å². The number of aryl methyl sites for hydroxylation is 1. The highest BCUT2D eigenvalue weighted by atomic mass is 16.5. The monoisotopic (exact) mass is 271 g/mol. The van der Waals surface area contributed by atoms with Crippen molar-refractivity contribution in [2.45, 2.75) is 33.2 Å². The zero-order chi connectivity index (χ0) is 14.2. The number of ether oxygens (including phenoxy) is 1. The summed E-state index contributed by atoms with van der Waals surface area (Å²) in [5.74, 6) is 1.38. The van der Waals surface area contributed by atoms with Gasteiger partial charge in [-0.25, -0.2) is 4.98 Å². The standard InChI is InChI=1S/C16H21N3O/c1-3-9-17-10-14-11-19-16(12-18-14)20-15-8-6-5-7-13(15)4-2/h5-8,11-12,17H,3-4,9-10H2,1-2H3. The van der Waals surface area contributed by atoms with E-state index in [2.05, 4.69) is 35.2 Å². The molecule has 0 unspecified atom stereocenters. The first kappa shape index (κ1) is 14.5. The molecule has 20 heavy (non-hydrogen) atoms. The van der Waals surface area contributed by atoms with E-state index in [9.17, 15) is 0 Å². The maximum Gasteiger partial charge on any atom is 0.237 e. The lowest BCUT2D eigenvalue weighted by Gasteiger charge is -2.09. The third kappa shape index (κ3) is 4.03. The van der Waals surface area contributed by atoms with Crippen molar-refractivity contribution >= 4 is 0 Å². The fraction of sp³-hybridized carbons (Fsp3) is 0.375. The Morgan fingerprint density at radius 2 is 1.95 bits per heavy atom. The molecule has 4 nitrogen and oxygen atoms in total. The van der Waals surface area contributed by atoms with Crippen molar-refractivity contribution in [3.63, 3.8) is 0 Å². The summed E-state index contributed by atoms with van der Waals surface area (Å²) in [6.07, 6.45) is 5.48. The van der Waals surface area contributed by atoms with Gasteiger partial charge < -0.3 is 10.1 Å². The van der Waals surface area contributed by atoms with Crippen molar-refractivity contribution in [1.82, 2.24) is 15.3 Å². The number of aromatic nitrogens is 2. The Labute approximate surface area is 120 Å². The van der Waals surface area contributed by atoms with Crippen molar-refractivity contribution in [3.8, 4) is 11.6 Å². The van der Waals surface area contributed by atoms with E-state index in [1.807, 2.05) is 18.2 Å². The molecular weight excluding hydrogens is 250 g/mol. The van der Waals surface area contributed by atoms with E-state index < -0.39 is 0 Å². The first-order chi connectivity index (χ1) is 9.83. The molecule has 1 N–H and O–H groups in total. The van der Waals surface area contributed by atoms with Crippen LogP contribution in [0.1, 0.15) is 31.5 Å². The smallest absolute Gasteiger partial charge is 0.237 e. The Bertz CT molecular complexity index is 526. The van der Waals surface area contributed by atoms with Gasteiger partial charge in [0.2, 0.25) is 5.88 Å². The van der Waals surface area contributed by atoms with Gasteiger partial charge in [0, 0.05) is 6.54 Å². The molecule has 0 aliphatic heterocycles. The van der Waals surface area contributed by atoms with E-state index in [-0.39, 0.29) is 0 Å². The SMILES string of the molecule is CCCNCc1cnc(Oc2ccccc2CC)cn1. The molecule has 0 fully saturated rings. The molecule has 0 radical (unpaired) electrons. The van der Waals surface area contributed by atoms with E-state index in [4.69, 9.17) is 4.74 Å². The number of nitrogens with one attached hydrogen (secondary N) is 1. The first-order valence-corrected chi connectivity index (χ1v) is 7.10. The van der Waals surface area contributed by atoms with Crippen LogP contribution < -0.4 is 10.1 Å². The number of rotatable bonds is 7. The first-order valence-electron chi connectivity index (χ1n) is 7.10. The predicted octanol–water partition coefficient (Wildman–Crippen LogP) is 3.33. The van der Waals surface area contributed by atoms with E-state index in [0.29, 0.717) is 5.88 Å². The summed E-state index contributed by atoms with van der Waals surface area (Å²) in [6.45, 7) is 5.98. The molecule has 2 rings (SSSR count). The van der Waals surface area contributed by atoms with E-state index in [0.717, 1.165) is 37.4 Å². The van der Waals surface area contributed by atoms with Crippen LogP contribution in [0, 0.1) is 0 Å². The van der Waals surface area contributed by atoms with Gasteiger partial charge in [-0.1, -0.05) is 32.0 Å². The van der Waals surface area contributed by atoms with Crippen molar-refractivity contribution in [1.29, 1.82) is 0 Å². The maximum atomic E-state index is 5.79. The van der Waals surface area contributed by atoms with E-state index in [1.165, 1.54) is 5.56 Å². The van der Waals surface area contributed by atoms with Crippen LogP contribution in [0.2, 0.25) is 0 Å². The highest BCUT2D eigenvalue weighted by molar-refractivity contribution is 5.35. The average Bonchev–Trinajstić information content (AvgIpc) is 2.50. The van der Waals surface area contributed by atoms with Crippen molar-refractivity contribution < 1.29 is 4.74 Å². The average molecular weight is 271 g/mol. The Hall–Kier alpha value is -1.94. The molecule has 0 aliphatic rings. The lowest BCUT2D eigenvalue weighted by Crippen LogP contribution is -2.14. The highest BCUT2D eigenvalue weighted by Gasteiger charge is 2.04. The van der Waals surface area contributed by atoms with Crippen LogP contribution in [0.4, 0.5) is 0 Å². The molecule has 1 aromatic heterocycles. The topological polar surface area (TPSA) is 47.0 Å². The van der Waals surface area contributed by atoms with Gasteiger partial charge in [0.05, 0.1) is 18.1 Å². The van der Waals surface area contributed by atoms with Gasteiger partial charge in [0.25, 0.3) is 0 Å². The second kappa shape index (κ2) is 7.60. The van der Waals surface area contributed by atoms with Crippen LogP contribution in [0.5, 0.6) is 11.6 Å². The summed E-state index contributed by atoms with van der Waals surface area (Å²) in [5.41, 5.74) is 2.09. The molecular formula is C16H21N3O. The fourth-order valence-electron chi connectivity index (χ4n) is 1.89. The zero-order valence-electron chi connectivity index (χ0n) is 12.1. The van der Waals surface area contributed by atoms with Crippen molar-refractivity contribution in [2.75, 3.05) is 6.54 Å². The Kier molecular flexibility index (Phi) is 5.50. The van der Waals surface area contributed by atoms with Crippen LogP contribution in [-0.4, -0.2) is 16.5 Å². The lowest BCUT2D eigenvalue weighted by atomic mass is 10.1. The molecule has 106 valence electrons. The molecule has 0 bridgehead atoms. The summed E-state index contributed by atoms with van der Waals surface area (Å²) in [5, 5.41) is 3.30. The maximum absolute atomic E-state index is 5.79. The zero-order valence-corrected chi connectivity index (χ0v) is 12.1. The number of para-hydroxylation sites is 1. The summed E-state index contributed by atoms with van der Waals surface area (Å²) >= 11 is 0. The number of hydrogen-bond acceptors (Lipinski definition) is 4.